The Morgan fingerprint density at radius 1 is 0.897 bits per heavy atom. The Morgan fingerprint density at radius 3 is 2.07 bits per heavy atom. The van der Waals surface area contributed by atoms with Crippen molar-refractivity contribution in [2.24, 2.45) is 0 Å². The minimum atomic E-state index is -0.647. The van der Waals surface area contributed by atoms with Crippen molar-refractivity contribution in [2.45, 2.75) is 39.7 Å². The molecule has 3 N–H and O–H groups in total. The molecule has 0 bridgehead atoms. The van der Waals surface area contributed by atoms with Crippen LogP contribution >= 0.6 is 0 Å². The lowest BCUT2D eigenvalue weighted by Crippen LogP contribution is -2.40. The first-order chi connectivity index (χ1) is 13.7. The van der Waals surface area contributed by atoms with Crippen LogP contribution in [0.25, 0.3) is 0 Å². The third-order valence-corrected chi connectivity index (χ3v) is 3.30. The van der Waals surface area contributed by atoms with Gasteiger partial charge in [-0.1, -0.05) is 12.1 Å². The van der Waals surface area contributed by atoms with Crippen molar-refractivity contribution < 1.29 is 28.6 Å². The number of carbonyl (C=O) groups is 3. The zero-order chi connectivity index (χ0) is 21.7. The second kappa shape index (κ2) is 12.5. The highest BCUT2D eigenvalue weighted by Gasteiger charge is 2.16. The first kappa shape index (κ1) is 24.1. The normalized spacial score (nSPS) is 10.6. The van der Waals surface area contributed by atoms with Gasteiger partial charge in [0.25, 0.3) is 5.91 Å². The van der Waals surface area contributed by atoms with Crippen molar-refractivity contribution in [3.8, 4) is 11.5 Å². The Bertz CT molecular complexity index is 672. The SMILES string of the molecule is CCOc1ccccc1OCC(=O)NCCCNC(=O)CNC(=O)OC(C)(C)C. The number of hydrogen-bond acceptors (Lipinski definition) is 6. The van der Waals surface area contributed by atoms with E-state index in [1.54, 1.807) is 39.0 Å². The van der Waals surface area contributed by atoms with Crippen LogP contribution in [0.5, 0.6) is 11.5 Å². The molecule has 0 aromatic heterocycles. The van der Waals surface area contributed by atoms with Gasteiger partial charge in [0.1, 0.15) is 5.60 Å². The number of alkyl carbamates (subject to hydrolysis) is 1. The van der Waals surface area contributed by atoms with Gasteiger partial charge >= 0.3 is 6.09 Å². The molecule has 0 unspecified atom stereocenters. The van der Waals surface area contributed by atoms with E-state index in [1.165, 1.54) is 0 Å². The number of ether oxygens (including phenoxy) is 3. The number of amides is 3. The van der Waals surface area contributed by atoms with E-state index >= 15 is 0 Å². The van der Waals surface area contributed by atoms with E-state index in [1.807, 2.05) is 13.0 Å². The monoisotopic (exact) mass is 409 g/mol. The lowest BCUT2D eigenvalue weighted by atomic mass is 10.2. The number of carbonyl (C=O) groups excluding carboxylic acids is 3. The summed E-state index contributed by atoms with van der Waals surface area (Å²) in [6.07, 6.45) is -0.106. The average molecular weight is 409 g/mol. The van der Waals surface area contributed by atoms with E-state index in [0.29, 0.717) is 37.6 Å². The topological polar surface area (TPSA) is 115 Å². The first-order valence-electron chi connectivity index (χ1n) is 9.56. The summed E-state index contributed by atoms with van der Waals surface area (Å²) in [5.41, 5.74) is -0.617. The Morgan fingerprint density at radius 2 is 1.48 bits per heavy atom. The van der Waals surface area contributed by atoms with E-state index in [2.05, 4.69) is 16.0 Å². The first-order valence-corrected chi connectivity index (χ1v) is 9.56. The number of nitrogens with one attached hydrogen (secondary N) is 3. The van der Waals surface area contributed by atoms with Crippen LogP contribution in [0.2, 0.25) is 0 Å². The highest BCUT2D eigenvalue weighted by molar-refractivity contribution is 5.82. The van der Waals surface area contributed by atoms with E-state index in [0.717, 1.165) is 0 Å². The van der Waals surface area contributed by atoms with Gasteiger partial charge in [0.2, 0.25) is 5.91 Å². The van der Waals surface area contributed by atoms with Gasteiger partial charge in [0, 0.05) is 13.1 Å². The molecule has 0 spiro atoms. The van der Waals surface area contributed by atoms with Gasteiger partial charge in [-0.2, -0.15) is 0 Å². The van der Waals surface area contributed by atoms with Crippen LogP contribution < -0.4 is 25.4 Å². The lowest BCUT2D eigenvalue weighted by molar-refractivity contribution is -0.123. The predicted octanol–water partition coefficient (Wildman–Crippen LogP) is 1.61. The fraction of sp³-hybridized carbons (Fsp3) is 0.550. The van der Waals surface area contributed by atoms with Gasteiger partial charge in [-0.15, -0.1) is 0 Å². The number of benzene rings is 1. The van der Waals surface area contributed by atoms with Crippen LogP contribution in [-0.4, -0.2) is 56.4 Å². The van der Waals surface area contributed by atoms with Gasteiger partial charge in [-0.25, -0.2) is 4.79 Å². The third kappa shape index (κ3) is 11.5. The highest BCUT2D eigenvalue weighted by atomic mass is 16.6. The van der Waals surface area contributed by atoms with Crippen molar-refractivity contribution in [2.75, 3.05) is 32.8 Å². The van der Waals surface area contributed by atoms with Crippen molar-refractivity contribution >= 4 is 17.9 Å². The van der Waals surface area contributed by atoms with Crippen LogP contribution in [0.15, 0.2) is 24.3 Å². The molecule has 0 aliphatic carbocycles. The summed E-state index contributed by atoms with van der Waals surface area (Å²) < 4.78 is 15.9. The number of para-hydroxylation sites is 2. The lowest BCUT2D eigenvalue weighted by Gasteiger charge is -2.19. The van der Waals surface area contributed by atoms with Gasteiger partial charge in [0.15, 0.2) is 18.1 Å². The smallest absolute Gasteiger partial charge is 0.408 e. The van der Waals surface area contributed by atoms with Gasteiger partial charge in [0.05, 0.1) is 13.2 Å². The molecule has 162 valence electrons. The summed E-state index contributed by atoms with van der Waals surface area (Å²) >= 11 is 0. The Balaban J connectivity index is 2.13. The summed E-state index contributed by atoms with van der Waals surface area (Å²) in [5.74, 6) is 0.493. The van der Waals surface area contributed by atoms with E-state index in [4.69, 9.17) is 14.2 Å². The number of hydrogen-bond donors (Lipinski definition) is 3. The molecule has 0 atom stereocenters. The zero-order valence-corrected chi connectivity index (χ0v) is 17.5. The summed E-state index contributed by atoms with van der Waals surface area (Å²) in [5, 5.41) is 7.73. The van der Waals surface area contributed by atoms with Gasteiger partial charge in [-0.05, 0) is 46.2 Å². The third-order valence-electron chi connectivity index (χ3n) is 3.30. The summed E-state index contributed by atoms with van der Waals surface area (Å²) in [6, 6.07) is 7.14. The molecule has 0 aliphatic heterocycles. The maximum atomic E-state index is 11.8. The van der Waals surface area contributed by atoms with Crippen molar-refractivity contribution in [3.05, 3.63) is 24.3 Å². The quantitative estimate of drug-likeness (QED) is 0.479. The van der Waals surface area contributed by atoms with Crippen molar-refractivity contribution in [1.29, 1.82) is 0 Å². The standard InChI is InChI=1S/C20H31N3O6/c1-5-27-15-9-6-7-10-16(15)28-14-18(25)22-12-8-11-21-17(24)13-23-19(26)29-20(2,3)4/h6-7,9-10H,5,8,11-14H2,1-4H3,(H,21,24)(H,22,25)(H,23,26). The molecular formula is C20H31N3O6. The predicted molar refractivity (Wildman–Crippen MR) is 108 cm³/mol. The van der Waals surface area contributed by atoms with Crippen molar-refractivity contribution in [3.63, 3.8) is 0 Å². The maximum absolute atomic E-state index is 11.8. The van der Waals surface area contributed by atoms with E-state index in [-0.39, 0.29) is 25.0 Å². The molecule has 29 heavy (non-hydrogen) atoms. The zero-order valence-electron chi connectivity index (χ0n) is 17.5. The molecule has 1 aromatic carbocycles. The molecule has 0 aliphatic rings. The minimum absolute atomic E-state index is 0.129. The number of rotatable bonds is 11. The molecular weight excluding hydrogens is 378 g/mol. The molecule has 1 aromatic rings. The van der Waals surface area contributed by atoms with Crippen LogP contribution in [-0.2, 0) is 14.3 Å². The second-order valence-corrected chi connectivity index (χ2v) is 7.08. The summed E-state index contributed by atoms with van der Waals surface area (Å²) in [4.78, 5) is 35.0. The van der Waals surface area contributed by atoms with Crippen LogP contribution in [0.3, 0.4) is 0 Å². The Hall–Kier alpha value is -2.97. The molecule has 0 fully saturated rings. The molecule has 0 saturated heterocycles. The summed E-state index contributed by atoms with van der Waals surface area (Å²) in [6.45, 7) is 8.04. The molecule has 1 rings (SSSR count). The largest absolute Gasteiger partial charge is 0.490 e. The molecule has 0 radical (unpaired) electrons. The van der Waals surface area contributed by atoms with Crippen LogP contribution in [0, 0.1) is 0 Å². The summed E-state index contributed by atoms with van der Waals surface area (Å²) in [7, 11) is 0. The molecule has 9 heteroatoms. The fourth-order valence-corrected chi connectivity index (χ4v) is 2.11. The molecule has 0 heterocycles. The Kier molecular flexibility index (Phi) is 10.4. The van der Waals surface area contributed by atoms with Gasteiger partial charge < -0.3 is 30.2 Å². The second-order valence-electron chi connectivity index (χ2n) is 7.08. The highest BCUT2D eigenvalue weighted by Crippen LogP contribution is 2.26. The Labute approximate surface area is 171 Å². The fourth-order valence-electron chi connectivity index (χ4n) is 2.11. The maximum Gasteiger partial charge on any atom is 0.408 e. The van der Waals surface area contributed by atoms with Crippen LogP contribution in [0.4, 0.5) is 4.79 Å². The average Bonchev–Trinajstić information content (AvgIpc) is 2.64. The van der Waals surface area contributed by atoms with Crippen molar-refractivity contribution in [1.82, 2.24) is 16.0 Å². The molecule has 9 nitrogen and oxygen atoms in total. The molecule has 3 amide bonds. The van der Waals surface area contributed by atoms with E-state index < -0.39 is 11.7 Å². The van der Waals surface area contributed by atoms with Gasteiger partial charge in [-0.3, -0.25) is 9.59 Å². The van der Waals surface area contributed by atoms with E-state index in [9.17, 15) is 14.4 Å². The van der Waals surface area contributed by atoms with Crippen LogP contribution in [0.1, 0.15) is 34.1 Å². The minimum Gasteiger partial charge on any atom is -0.490 e. The molecule has 0 saturated carbocycles.